The Morgan fingerprint density at radius 2 is 1.75 bits per heavy atom. The molecule has 5 nitrogen and oxygen atoms in total. The van der Waals surface area contributed by atoms with E-state index in [9.17, 15) is 32.3 Å². The molecule has 0 fully saturated rings. The van der Waals surface area contributed by atoms with E-state index in [0.29, 0.717) is 7.11 Å². The summed E-state index contributed by atoms with van der Waals surface area (Å²) >= 11 is 0. The SMILES string of the molecule is CO[C@](F)(C(=O)Nc1ccccc1C(=O)[O-])C(F)(F)F. The predicted molar refractivity (Wildman–Crippen MR) is 56.3 cm³/mol. The molecule has 110 valence electrons. The van der Waals surface area contributed by atoms with Crippen LogP contribution in [-0.4, -0.2) is 31.0 Å². The third-order valence-electron chi connectivity index (χ3n) is 2.33. The molecule has 0 spiro atoms. The molecule has 1 N–H and O–H groups in total. The summed E-state index contributed by atoms with van der Waals surface area (Å²) in [6.07, 6.45) is -5.62. The first-order valence-electron chi connectivity index (χ1n) is 5.06. The first-order chi connectivity index (χ1) is 9.13. The van der Waals surface area contributed by atoms with Crippen LogP contribution in [0.5, 0.6) is 0 Å². The quantitative estimate of drug-likeness (QED) is 0.836. The lowest BCUT2D eigenvalue weighted by molar-refractivity contribution is -0.305. The van der Waals surface area contributed by atoms with Crippen molar-refractivity contribution in [2.45, 2.75) is 12.0 Å². The second-order valence-electron chi connectivity index (χ2n) is 3.58. The molecule has 9 heteroatoms. The molecule has 0 saturated heterocycles. The standard InChI is InChI=1S/C11H9F4NO4/c1-20-10(12,11(13,14)15)9(19)16-7-5-3-2-4-6(7)8(17)18/h2-5H,1H3,(H,16,19)(H,17,18)/p-1/t10-/m1/s1. The molecule has 0 aliphatic carbocycles. The Labute approximate surface area is 110 Å². The van der Waals surface area contributed by atoms with Gasteiger partial charge in [-0.3, -0.25) is 4.79 Å². The van der Waals surface area contributed by atoms with Crippen LogP contribution < -0.4 is 10.4 Å². The predicted octanol–water partition coefficient (Wildman–Crippen LogP) is 0.863. The van der Waals surface area contributed by atoms with Crippen LogP contribution in [0.25, 0.3) is 0 Å². The summed E-state index contributed by atoms with van der Waals surface area (Å²) in [6, 6.07) is 4.45. The Kier molecular flexibility index (Phi) is 4.33. The maximum Gasteiger partial charge on any atom is 0.458 e. The molecule has 0 aliphatic heterocycles. The second kappa shape index (κ2) is 5.45. The van der Waals surface area contributed by atoms with Crippen molar-refractivity contribution in [2.75, 3.05) is 12.4 Å². The maximum atomic E-state index is 13.5. The average Bonchev–Trinajstić information content (AvgIpc) is 2.36. The van der Waals surface area contributed by atoms with Crippen LogP contribution >= 0.6 is 0 Å². The van der Waals surface area contributed by atoms with Crippen molar-refractivity contribution in [3.05, 3.63) is 29.8 Å². The van der Waals surface area contributed by atoms with Crippen molar-refractivity contribution in [3.63, 3.8) is 0 Å². The number of amides is 1. The number of hydrogen-bond donors (Lipinski definition) is 1. The molecule has 0 heterocycles. The molecule has 0 bridgehead atoms. The minimum Gasteiger partial charge on any atom is -0.545 e. The summed E-state index contributed by atoms with van der Waals surface area (Å²) in [6.45, 7) is 0. The van der Waals surface area contributed by atoms with Crippen molar-refractivity contribution in [1.82, 2.24) is 0 Å². The van der Waals surface area contributed by atoms with E-state index < -0.39 is 35.2 Å². The van der Waals surface area contributed by atoms with Crippen molar-refractivity contribution in [3.8, 4) is 0 Å². The molecule has 0 aromatic heterocycles. The number of anilines is 1. The molecule has 0 radical (unpaired) electrons. The zero-order chi connectivity index (χ0) is 15.6. The number of ether oxygens (including phenoxy) is 1. The van der Waals surface area contributed by atoms with Gasteiger partial charge in [-0.2, -0.15) is 17.6 Å². The Bertz CT molecular complexity index is 531. The number of halogens is 4. The van der Waals surface area contributed by atoms with Gasteiger partial charge in [0.05, 0.1) is 5.97 Å². The fourth-order valence-electron chi connectivity index (χ4n) is 1.31. The number of aromatic carboxylic acids is 1. The minimum absolute atomic E-state index is 0.359. The fourth-order valence-corrected chi connectivity index (χ4v) is 1.31. The first kappa shape index (κ1) is 15.9. The summed E-state index contributed by atoms with van der Waals surface area (Å²) in [7, 11) is 0.359. The molecule has 1 aromatic rings. The van der Waals surface area contributed by atoms with Crippen LogP contribution in [0.15, 0.2) is 24.3 Å². The monoisotopic (exact) mass is 294 g/mol. The fraction of sp³-hybridized carbons (Fsp3) is 0.273. The highest BCUT2D eigenvalue weighted by molar-refractivity contribution is 6.02. The zero-order valence-corrected chi connectivity index (χ0v) is 9.95. The molecular formula is C11H8F4NO4-. The maximum absolute atomic E-state index is 13.5. The average molecular weight is 294 g/mol. The van der Waals surface area contributed by atoms with E-state index in [4.69, 9.17) is 0 Å². The number of alkyl halides is 4. The highest BCUT2D eigenvalue weighted by atomic mass is 19.4. The third kappa shape index (κ3) is 2.87. The molecule has 1 rings (SSSR count). The Hall–Kier alpha value is -2.16. The highest BCUT2D eigenvalue weighted by Gasteiger charge is 2.63. The van der Waals surface area contributed by atoms with Gasteiger partial charge in [-0.25, -0.2) is 0 Å². The van der Waals surface area contributed by atoms with Crippen molar-refractivity contribution < 1.29 is 37.0 Å². The number of carboxylic acids is 1. The molecule has 1 atom stereocenters. The largest absolute Gasteiger partial charge is 0.545 e. The number of benzene rings is 1. The van der Waals surface area contributed by atoms with E-state index in [1.54, 1.807) is 0 Å². The number of para-hydroxylation sites is 1. The van der Waals surface area contributed by atoms with E-state index in [0.717, 1.165) is 12.1 Å². The van der Waals surface area contributed by atoms with Crippen molar-refractivity contribution in [2.24, 2.45) is 0 Å². The van der Waals surface area contributed by atoms with E-state index in [2.05, 4.69) is 4.74 Å². The van der Waals surface area contributed by atoms with Crippen LogP contribution in [0.2, 0.25) is 0 Å². The molecule has 1 aromatic carbocycles. The first-order valence-corrected chi connectivity index (χ1v) is 5.06. The van der Waals surface area contributed by atoms with Gasteiger partial charge in [0, 0.05) is 18.4 Å². The molecule has 0 unspecified atom stereocenters. The van der Waals surface area contributed by atoms with Crippen LogP contribution in [-0.2, 0) is 9.53 Å². The summed E-state index contributed by atoms with van der Waals surface area (Å²) < 4.78 is 54.4. The van der Waals surface area contributed by atoms with E-state index in [1.165, 1.54) is 17.4 Å². The van der Waals surface area contributed by atoms with Crippen LogP contribution in [0.1, 0.15) is 10.4 Å². The number of hydrogen-bond acceptors (Lipinski definition) is 4. The number of nitrogens with one attached hydrogen (secondary N) is 1. The van der Waals surface area contributed by atoms with Crippen LogP contribution in [0.3, 0.4) is 0 Å². The molecular weight excluding hydrogens is 286 g/mol. The summed E-state index contributed by atoms with van der Waals surface area (Å²) in [5.74, 6) is -8.53. The topological polar surface area (TPSA) is 78.5 Å². The van der Waals surface area contributed by atoms with Crippen LogP contribution in [0, 0.1) is 0 Å². The molecule has 0 saturated carbocycles. The van der Waals surface area contributed by atoms with Gasteiger partial charge in [-0.1, -0.05) is 18.2 Å². The summed E-state index contributed by atoms with van der Waals surface area (Å²) in [5.41, 5.74) is -1.14. The third-order valence-corrected chi connectivity index (χ3v) is 2.33. The summed E-state index contributed by atoms with van der Waals surface area (Å²) in [5, 5.41) is 12.2. The van der Waals surface area contributed by atoms with E-state index in [-0.39, 0.29) is 0 Å². The van der Waals surface area contributed by atoms with Gasteiger partial charge in [0.25, 0.3) is 5.91 Å². The lowest BCUT2D eigenvalue weighted by Gasteiger charge is -2.25. The number of carboxylic acid groups (broad SMARTS) is 1. The van der Waals surface area contributed by atoms with Crippen molar-refractivity contribution in [1.29, 1.82) is 0 Å². The van der Waals surface area contributed by atoms with Gasteiger partial charge in [-0.05, 0) is 6.07 Å². The summed E-state index contributed by atoms with van der Waals surface area (Å²) in [4.78, 5) is 22.1. The van der Waals surface area contributed by atoms with Gasteiger partial charge in [0.2, 0.25) is 0 Å². The normalized spacial score (nSPS) is 14.4. The number of methoxy groups -OCH3 is 1. The van der Waals surface area contributed by atoms with E-state index in [1.807, 2.05) is 0 Å². The Morgan fingerprint density at radius 3 is 2.20 bits per heavy atom. The van der Waals surface area contributed by atoms with Gasteiger partial charge in [0.15, 0.2) is 0 Å². The number of carbonyl (C=O) groups is 2. The van der Waals surface area contributed by atoms with Crippen LogP contribution in [0.4, 0.5) is 23.2 Å². The lowest BCUT2D eigenvalue weighted by Crippen LogP contribution is -2.52. The lowest BCUT2D eigenvalue weighted by atomic mass is 10.1. The van der Waals surface area contributed by atoms with Gasteiger partial charge in [0.1, 0.15) is 0 Å². The molecule has 0 aliphatic rings. The smallest absolute Gasteiger partial charge is 0.458 e. The number of rotatable bonds is 4. The van der Waals surface area contributed by atoms with Crippen molar-refractivity contribution >= 4 is 17.6 Å². The molecule has 20 heavy (non-hydrogen) atoms. The Balaban J connectivity index is 3.11. The van der Waals surface area contributed by atoms with E-state index >= 15 is 0 Å². The van der Waals surface area contributed by atoms with Gasteiger partial charge >= 0.3 is 12.0 Å². The number of carbonyl (C=O) groups excluding carboxylic acids is 2. The second-order valence-corrected chi connectivity index (χ2v) is 3.58. The highest BCUT2D eigenvalue weighted by Crippen LogP contribution is 2.35. The minimum atomic E-state index is -5.62. The zero-order valence-electron chi connectivity index (χ0n) is 9.95. The van der Waals surface area contributed by atoms with Gasteiger partial charge in [-0.15, -0.1) is 0 Å². The van der Waals surface area contributed by atoms with Gasteiger partial charge < -0.3 is 20.0 Å². The molecule has 1 amide bonds. The Morgan fingerprint density at radius 1 is 1.20 bits per heavy atom.